The summed E-state index contributed by atoms with van der Waals surface area (Å²) in [4.78, 5) is 23.6. The van der Waals surface area contributed by atoms with Gasteiger partial charge in [0, 0.05) is 20.0 Å². The lowest BCUT2D eigenvalue weighted by Crippen LogP contribution is -2.38. The van der Waals surface area contributed by atoms with Gasteiger partial charge in [-0.2, -0.15) is 0 Å². The highest BCUT2D eigenvalue weighted by Crippen LogP contribution is 2.26. The molecular formula is C13H18N2O4. The molecule has 1 aromatic carbocycles. The van der Waals surface area contributed by atoms with Crippen LogP contribution in [-0.2, 0) is 4.79 Å². The molecule has 0 saturated heterocycles. The third-order valence-corrected chi connectivity index (χ3v) is 2.59. The number of carbonyl (C=O) groups excluding carboxylic acids is 1. The number of carbonyl (C=O) groups is 2. The van der Waals surface area contributed by atoms with Crippen molar-refractivity contribution in [2.75, 3.05) is 25.6 Å². The molecule has 0 saturated carbocycles. The number of nitrogens with one attached hydrogen (secondary N) is 1. The van der Waals surface area contributed by atoms with Crippen LogP contribution in [0, 0.1) is 0 Å². The number of urea groups is 1. The molecule has 0 aliphatic carbocycles. The quantitative estimate of drug-likeness (QED) is 0.768. The number of amides is 2. The average molecular weight is 266 g/mol. The summed E-state index contributed by atoms with van der Waals surface area (Å²) >= 11 is 0. The number of carboxylic acids is 1. The Kier molecular flexibility index (Phi) is 5.66. The monoisotopic (exact) mass is 266 g/mol. The first kappa shape index (κ1) is 14.8. The first-order valence-corrected chi connectivity index (χ1v) is 5.92. The second-order valence-electron chi connectivity index (χ2n) is 3.96. The van der Waals surface area contributed by atoms with E-state index in [2.05, 4.69) is 5.32 Å². The molecule has 2 amide bonds. The van der Waals surface area contributed by atoms with Gasteiger partial charge < -0.3 is 15.2 Å². The van der Waals surface area contributed by atoms with Crippen LogP contribution in [0.3, 0.4) is 0 Å². The highest BCUT2D eigenvalue weighted by Gasteiger charge is 2.14. The van der Waals surface area contributed by atoms with E-state index < -0.39 is 5.97 Å². The molecule has 0 radical (unpaired) electrons. The van der Waals surface area contributed by atoms with E-state index >= 15 is 0 Å². The zero-order valence-corrected chi connectivity index (χ0v) is 11.0. The minimum Gasteiger partial charge on any atom is -0.495 e. The van der Waals surface area contributed by atoms with E-state index in [0.29, 0.717) is 24.4 Å². The van der Waals surface area contributed by atoms with E-state index in [1.165, 1.54) is 12.0 Å². The van der Waals surface area contributed by atoms with Gasteiger partial charge in [-0.3, -0.25) is 9.69 Å². The summed E-state index contributed by atoms with van der Waals surface area (Å²) < 4.78 is 5.17. The minimum atomic E-state index is -0.868. The van der Waals surface area contributed by atoms with Crippen molar-refractivity contribution in [1.82, 2.24) is 5.32 Å². The molecule has 104 valence electrons. The molecule has 0 unspecified atom stereocenters. The third kappa shape index (κ3) is 4.50. The number of benzene rings is 1. The van der Waals surface area contributed by atoms with Crippen LogP contribution in [0.2, 0.25) is 0 Å². The molecule has 0 spiro atoms. The number of nitrogens with zero attached hydrogens (tertiary/aromatic N) is 1. The van der Waals surface area contributed by atoms with Crippen LogP contribution in [0.1, 0.15) is 12.8 Å². The largest absolute Gasteiger partial charge is 0.495 e. The van der Waals surface area contributed by atoms with Gasteiger partial charge in [0.15, 0.2) is 0 Å². The molecule has 0 aliphatic heterocycles. The fourth-order valence-electron chi connectivity index (χ4n) is 1.57. The van der Waals surface area contributed by atoms with E-state index in [4.69, 9.17) is 9.84 Å². The number of methoxy groups -OCH3 is 1. The number of aliphatic carboxylic acids is 1. The van der Waals surface area contributed by atoms with Crippen molar-refractivity contribution in [2.24, 2.45) is 0 Å². The molecule has 1 rings (SSSR count). The number of anilines is 1. The molecule has 0 aromatic heterocycles. The second-order valence-corrected chi connectivity index (χ2v) is 3.96. The van der Waals surface area contributed by atoms with Gasteiger partial charge in [0.1, 0.15) is 5.75 Å². The molecule has 19 heavy (non-hydrogen) atoms. The Labute approximate surface area is 112 Å². The van der Waals surface area contributed by atoms with E-state index in [-0.39, 0.29) is 12.5 Å². The predicted molar refractivity (Wildman–Crippen MR) is 71.7 cm³/mol. The smallest absolute Gasteiger partial charge is 0.321 e. The summed E-state index contributed by atoms with van der Waals surface area (Å²) in [6.07, 6.45) is 0.444. The first-order chi connectivity index (χ1) is 9.06. The standard InChI is InChI=1S/C13H18N2O4/c1-15(10-6-3-4-7-11(10)19-2)13(18)14-9-5-8-12(16)17/h3-4,6-7H,5,8-9H2,1-2H3,(H,14,18)(H,16,17). The number of carboxylic acid groups (broad SMARTS) is 1. The number of hydrogen-bond acceptors (Lipinski definition) is 3. The molecule has 0 aliphatic rings. The van der Waals surface area contributed by atoms with Gasteiger partial charge in [0.2, 0.25) is 0 Å². The van der Waals surface area contributed by atoms with Crippen molar-refractivity contribution in [3.63, 3.8) is 0 Å². The van der Waals surface area contributed by atoms with Crippen LogP contribution in [0.25, 0.3) is 0 Å². The summed E-state index contributed by atoms with van der Waals surface area (Å²) in [5.74, 6) is -0.266. The Balaban J connectivity index is 2.54. The maximum atomic E-state index is 11.9. The third-order valence-electron chi connectivity index (χ3n) is 2.59. The van der Waals surface area contributed by atoms with Gasteiger partial charge in [-0.1, -0.05) is 12.1 Å². The molecule has 0 fully saturated rings. The van der Waals surface area contributed by atoms with Crippen molar-refractivity contribution in [3.8, 4) is 5.75 Å². The average Bonchev–Trinajstić information content (AvgIpc) is 2.42. The molecule has 0 bridgehead atoms. The number of rotatable bonds is 6. The predicted octanol–water partition coefficient (Wildman–Crippen LogP) is 1.71. The summed E-state index contributed by atoms with van der Waals surface area (Å²) in [5, 5.41) is 11.2. The van der Waals surface area contributed by atoms with Crippen LogP contribution in [0.15, 0.2) is 24.3 Å². The van der Waals surface area contributed by atoms with E-state index in [0.717, 1.165) is 0 Å². The maximum absolute atomic E-state index is 11.9. The Morgan fingerprint density at radius 1 is 1.37 bits per heavy atom. The second kappa shape index (κ2) is 7.25. The molecule has 6 heteroatoms. The van der Waals surface area contributed by atoms with Gasteiger partial charge in [-0.25, -0.2) is 4.79 Å². The first-order valence-electron chi connectivity index (χ1n) is 5.92. The Bertz CT molecular complexity index is 448. The van der Waals surface area contributed by atoms with Crippen molar-refractivity contribution in [1.29, 1.82) is 0 Å². The van der Waals surface area contributed by atoms with Gasteiger partial charge in [0.05, 0.1) is 12.8 Å². The fraction of sp³-hybridized carbons (Fsp3) is 0.385. The topological polar surface area (TPSA) is 78.9 Å². The Morgan fingerprint density at radius 2 is 2.05 bits per heavy atom. The van der Waals surface area contributed by atoms with E-state index in [1.54, 1.807) is 19.2 Å². The number of ether oxygens (including phenoxy) is 1. The lowest BCUT2D eigenvalue weighted by Gasteiger charge is -2.20. The zero-order chi connectivity index (χ0) is 14.3. The van der Waals surface area contributed by atoms with Crippen LogP contribution in [-0.4, -0.2) is 37.8 Å². The zero-order valence-electron chi connectivity index (χ0n) is 11.0. The molecule has 2 N–H and O–H groups in total. The molecule has 0 atom stereocenters. The van der Waals surface area contributed by atoms with Crippen molar-refractivity contribution < 1.29 is 19.4 Å². The van der Waals surface area contributed by atoms with Gasteiger partial charge >= 0.3 is 12.0 Å². The van der Waals surface area contributed by atoms with Crippen LogP contribution < -0.4 is 15.0 Å². The molecular weight excluding hydrogens is 248 g/mol. The lowest BCUT2D eigenvalue weighted by atomic mass is 10.2. The highest BCUT2D eigenvalue weighted by atomic mass is 16.5. The van der Waals surface area contributed by atoms with Gasteiger partial charge in [-0.15, -0.1) is 0 Å². The number of hydrogen-bond donors (Lipinski definition) is 2. The van der Waals surface area contributed by atoms with E-state index in [9.17, 15) is 9.59 Å². The van der Waals surface area contributed by atoms with Crippen molar-refractivity contribution in [2.45, 2.75) is 12.8 Å². The summed E-state index contributed by atoms with van der Waals surface area (Å²) in [7, 11) is 3.17. The number of para-hydroxylation sites is 2. The van der Waals surface area contributed by atoms with E-state index in [1.807, 2.05) is 12.1 Å². The highest BCUT2D eigenvalue weighted by molar-refractivity contribution is 5.93. The lowest BCUT2D eigenvalue weighted by molar-refractivity contribution is -0.137. The maximum Gasteiger partial charge on any atom is 0.321 e. The SMILES string of the molecule is COc1ccccc1N(C)C(=O)NCCCC(=O)O. The summed E-state index contributed by atoms with van der Waals surface area (Å²) in [6.45, 7) is 0.324. The molecule has 0 heterocycles. The normalized spacial score (nSPS) is 9.79. The van der Waals surface area contributed by atoms with Crippen LogP contribution in [0.5, 0.6) is 5.75 Å². The van der Waals surface area contributed by atoms with Gasteiger partial charge in [-0.05, 0) is 18.6 Å². The Hall–Kier alpha value is -2.24. The Morgan fingerprint density at radius 3 is 2.68 bits per heavy atom. The minimum absolute atomic E-state index is 0.0403. The van der Waals surface area contributed by atoms with Gasteiger partial charge in [0.25, 0.3) is 0 Å². The van der Waals surface area contributed by atoms with Crippen LogP contribution >= 0.6 is 0 Å². The van der Waals surface area contributed by atoms with Crippen molar-refractivity contribution in [3.05, 3.63) is 24.3 Å². The van der Waals surface area contributed by atoms with Crippen molar-refractivity contribution >= 4 is 17.7 Å². The fourth-order valence-corrected chi connectivity index (χ4v) is 1.57. The molecule has 1 aromatic rings. The summed E-state index contributed by atoms with van der Waals surface area (Å²) in [5.41, 5.74) is 0.653. The summed E-state index contributed by atoms with van der Waals surface area (Å²) in [6, 6.07) is 6.88. The van der Waals surface area contributed by atoms with Crippen LogP contribution in [0.4, 0.5) is 10.5 Å². The molecule has 6 nitrogen and oxygen atoms in total.